The first-order chi connectivity index (χ1) is 11.7. The predicted octanol–water partition coefficient (Wildman–Crippen LogP) is 2.69. The molecule has 1 aliphatic rings. The zero-order valence-electron chi connectivity index (χ0n) is 13.3. The molecule has 6 heteroatoms. The molecule has 0 saturated carbocycles. The van der Waals surface area contributed by atoms with E-state index in [1.807, 2.05) is 18.2 Å². The minimum absolute atomic E-state index is 0.0899. The zero-order chi connectivity index (χ0) is 16.9. The maximum Gasteiger partial charge on any atom is 0.251 e. The molecule has 6 nitrogen and oxygen atoms in total. The van der Waals surface area contributed by atoms with Gasteiger partial charge >= 0.3 is 0 Å². The van der Waals surface area contributed by atoms with Crippen LogP contribution in [0.3, 0.4) is 0 Å². The average molecular weight is 326 g/mol. The highest BCUT2D eigenvalue weighted by Gasteiger charge is 2.14. The number of anilines is 1. The predicted molar refractivity (Wildman–Crippen MR) is 89.1 cm³/mol. The van der Waals surface area contributed by atoms with Crippen molar-refractivity contribution < 1.29 is 19.1 Å². The van der Waals surface area contributed by atoms with Crippen LogP contribution in [0.5, 0.6) is 11.5 Å². The molecule has 0 aliphatic carbocycles. The van der Waals surface area contributed by atoms with Crippen LogP contribution in [-0.4, -0.2) is 18.6 Å². The van der Waals surface area contributed by atoms with Crippen LogP contribution in [0.25, 0.3) is 0 Å². The summed E-state index contributed by atoms with van der Waals surface area (Å²) in [5.41, 5.74) is 2.02. The third-order valence-electron chi connectivity index (χ3n) is 3.62. The zero-order valence-corrected chi connectivity index (χ0v) is 13.3. The highest BCUT2D eigenvalue weighted by molar-refractivity contribution is 5.97. The Morgan fingerprint density at radius 1 is 1.08 bits per heavy atom. The number of rotatable bonds is 5. The monoisotopic (exact) mass is 326 g/mol. The smallest absolute Gasteiger partial charge is 0.251 e. The van der Waals surface area contributed by atoms with Gasteiger partial charge in [0.15, 0.2) is 11.5 Å². The molecule has 2 aromatic carbocycles. The van der Waals surface area contributed by atoms with Gasteiger partial charge in [-0.25, -0.2) is 0 Å². The Balaban J connectivity index is 1.62. The molecule has 0 atom stereocenters. The van der Waals surface area contributed by atoms with E-state index in [2.05, 4.69) is 10.6 Å². The Labute approximate surface area is 139 Å². The molecular formula is C18H18N2O4. The van der Waals surface area contributed by atoms with Crippen molar-refractivity contribution in [3.8, 4) is 11.5 Å². The number of hydrogen-bond acceptors (Lipinski definition) is 4. The Kier molecular flexibility index (Phi) is 4.65. The molecule has 0 spiro atoms. The number of benzene rings is 2. The molecule has 0 saturated heterocycles. The van der Waals surface area contributed by atoms with Crippen molar-refractivity contribution in [2.24, 2.45) is 0 Å². The van der Waals surface area contributed by atoms with E-state index < -0.39 is 0 Å². The summed E-state index contributed by atoms with van der Waals surface area (Å²) < 4.78 is 10.6. The van der Waals surface area contributed by atoms with E-state index in [9.17, 15) is 9.59 Å². The van der Waals surface area contributed by atoms with Gasteiger partial charge in [0.1, 0.15) is 0 Å². The largest absolute Gasteiger partial charge is 0.454 e. The molecule has 0 aromatic heterocycles. The molecule has 1 heterocycles. The minimum Gasteiger partial charge on any atom is -0.454 e. The fourth-order valence-electron chi connectivity index (χ4n) is 2.32. The van der Waals surface area contributed by atoms with Crippen LogP contribution in [0.1, 0.15) is 29.3 Å². The summed E-state index contributed by atoms with van der Waals surface area (Å²) in [4.78, 5) is 23.7. The van der Waals surface area contributed by atoms with E-state index in [4.69, 9.17) is 9.47 Å². The fourth-order valence-corrected chi connectivity index (χ4v) is 2.32. The van der Waals surface area contributed by atoms with Crippen LogP contribution in [0.4, 0.5) is 5.69 Å². The summed E-state index contributed by atoms with van der Waals surface area (Å²) in [7, 11) is 0. The number of fused-ring (bicyclic) bond motifs is 1. The SMILES string of the molecule is CCC(=O)Nc1cccc(C(=O)NCc2ccc3c(c2)OCO3)c1. The van der Waals surface area contributed by atoms with Crippen molar-refractivity contribution >= 4 is 17.5 Å². The molecule has 0 unspecified atom stereocenters. The second-order valence-corrected chi connectivity index (χ2v) is 5.35. The molecule has 2 amide bonds. The second-order valence-electron chi connectivity index (χ2n) is 5.35. The van der Waals surface area contributed by atoms with Gasteiger partial charge in [0.2, 0.25) is 12.7 Å². The van der Waals surface area contributed by atoms with Gasteiger partial charge in [-0.05, 0) is 35.9 Å². The topological polar surface area (TPSA) is 76.7 Å². The van der Waals surface area contributed by atoms with E-state index in [0.717, 1.165) is 5.56 Å². The van der Waals surface area contributed by atoms with Gasteiger partial charge in [-0.2, -0.15) is 0 Å². The third-order valence-corrected chi connectivity index (χ3v) is 3.62. The highest BCUT2D eigenvalue weighted by Crippen LogP contribution is 2.32. The van der Waals surface area contributed by atoms with Crippen molar-refractivity contribution in [2.75, 3.05) is 12.1 Å². The Morgan fingerprint density at radius 2 is 1.92 bits per heavy atom. The second kappa shape index (κ2) is 7.04. The maximum atomic E-state index is 12.3. The summed E-state index contributed by atoms with van der Waals surface area (Å²) in [6, 6.07) is 12.4. The number of nitrogens with one attached hydrogen (secondary N) is 2. The normalized spacial score (nSPS) is 11.9. The summed E-state index contributed by atoms with van der Waals surface area (Å²) in [6.45, 7) is 2.37. The number of amides is 2. The van der Waals surface area contributed by atoms with Crippen LogP contribution >= 0.6 is 0 Å². The van der Waals surface area contributed by atoms with Gasteiger partial charge < -0.3 is 20.1 Å². The van der Waals surface area contributed by atoms with Crippen molar-refractivity contribution in [1.29, 1.82) is 0 Å². The van der Waals surface area contributed by atoms with E-state index >= 15 is 0 Å². The summed E-state index contributed by atoms with van der Waals surface area (Å²) >= 11 is 0. The first kappa shape index (κ1) is 15.9. The molecule has 0 bridgehead atoms. The number of carbonyl (C=O) groups is 2. The molecular weight excluding hydrogens is 308 g/mol. The Hall–Kier alpha value is -3.02. The molecule has 124 valence electrons. The lowest BCUT2D eigenvalue weighted by atomic mass is 10.1. The lowest BCUT2D eigenvalue weighted by molar-refractivity contribution is -0.115. The highest BCUT2D eigenvalue weighted by atomic mass is 16.7. The summed E-state index contributed by atoms with van der Waals surface area (Å²) in [5, 5.41) is 5.59. The molecule has 24 heavy (non-hydrogen) atoms. The average Bonchev–Trinajstić information content (AvgIpc) is 3.07. The van der Waals surface area contributed by atoms with Crippen molar-refractivity contribution in [3.63, 3.8) is 0 Å². The van der Waals surface area contributed by atoms with Gasteiger partial charge in [0, 0.05) is 24.2 Å². The van der Waals surface area contributed by atoms with E-state index in [0.29, 0.717) is 35.7 Å². The van der Waals surface area contributed by atoms with Gasteiger partial charge in [-0.1, -0.05) is 19.1 Å². The molecule has 1 aliphatic heterocycles. The summed E-state index contributed by atoms with van der Waals surface area (Å²) in [6.07, 6.45) is 0.389. The standard InChI is InChI=1S/C18H18N2O4/c1-2-17(21)20-14-5-3-4-13(9-14)18(22)19-10-12-6-7-15-16(8-12)24-11-23-15/h3-9H,2,10-11H2,1H3,(H,19,22)(H,20,21). The summed E-state index contributed by atoms with van der Waals surface area (Å²) in [5.74, 6) is 1.10. The molecule has 2 aromatic rings. The number of hydrogen-bond donors (Lipinski definition) is 2. The van der Waals surface area contributed by atoms with Crippen LogP contribution in [-0.2, 0) is 11.3 Å². The van der Waals surface area contributed by atoms with E-state index in [1.54, 1.807) is 31.2 Å². The van der Waals surface area contributed by atoms with Crippen molar-refractivity contribution in [3.05, 3.63) is 53.6 Å². The van der Waals surface area contributed by atoms with E-state index in [1.165, 1.54) is 0 Å². The lowest BCUT2D eigenvalue weighted by Crippen LogP contribution is -2.23. The molecule has 0 fully saturated rings. The van der Waals surface area contributed by atoms with Crippen molar-refractivity contribution in [1.82, 2.24) is 5.32 Å². The van der Waals surface area contributed by atoms with E-state index in [-0.39, 0.29) is 18.6 Å². The van der Waals surface area contributed by atoms with Crippen molar-refractivity contribution in [2.45, 2.75) is 19.9 Å². The third kappa shape index (κ3) is 3.65. The molecule has 0 radical (unpaired) electrons. The van der Waals surface area contributed by atoms with Crippen LogP contribution < -0.4 is 20.1 Å². The van der Waals surface area contributed by atoms with Crippen LogP contribution in [0.15, 0.2) is 42.5 Å². The van der Waals surface area contributed by atoms with Crippen LogP contribution in [0, 0.1) is 0 Å². The number of ether oxygens (including phenoxy) is 2. The minimum atomic E-state index is -0.208. The maximum absolute atomic E-state index is 12.3. The Morgan fingerprint density at radius 3 is 2.75 bits per heavy atom. The Bertz CT molecular complexity index is 773. The first-order valence-corrected chi connectivity index (χ1v) is 7.72. The quantitative estimate of drug-likeness (QED) is 0.886. The number of carbonyl (C=O) groups excluding carboxylic acids is 2. The molecule has 2 N–H and O–H groups in total. The first-order valence-electron chi connectivity index (χ1n) is 7.72. The molecule has 3 rings (SSSR count). The van der Waals surface area contributed by atoms with Gasteiger partial charge in [0.25, 0.3) is 5.91 Å². The van der Waals surface area contributed by atoms with Crippen LogP contribution in [0.2, 0.25) is 0 Å². The van der Waals surface area contributed by atoms with Gasteiger partial charge in [0.05, 0.1) is 0 Å². The lowest BCUT2D eigenvalue weighted by Gasteiger charge is -2.08. The van der Waals surface area contributed by atoms with Gasteiger partial charge in [-0.3, -0.25) is 9.59 Å². The fraction of sp³-hybridized carbons (Fsp3) is 0.222. The van der Waals surface area contributed by atoms with Gasteiger partial charge in [-0.15, -0.1) is 0 Å².